The molecule has 2 aromatic rings. The zero-order chi connectivity index (χ0) is 21.7. The van der Waals surface area contributed by atoms with Crippen molar-refractivity contribution in [3.63, 3.8) is 0 Å². The second-order valence-electron chi connectivity index (χ2n) is 7.69. The summed E-state index contributed by atoms with van der Waals surface area (Å²) in [4.78, 5) is 12.1. The molecule has 168 valence electrons. The van der Waals surface area contributed by atoms with Crippen LogP contribution in [0.4, 0.5) is 0 Å². The van der Waals surface area contributed by atoms with Crippen molar-refractivity contribution in [1.29, 1.82) is 0 Å². The highest BCUT2D eigenvalue weighted by Crippen LogP contribution is 2.32. The van der Waals surface area contributed by atoms with Gasteiger partial charge in [-0.3, -0.25) is 4.79 Å². The molecule has 0 heterocycles. The number of carbonyl (C=O) groups is 1. The maximum absolute atomic E-state index is 12.1. The van der Waals surface area contributed by atoms with Crippen LogP contribution in [0.1, 0.15) is 37.2 Å². The quantitative estimate of drug-likeness (QED) is 0.520. The number of methoxy groups -OCH3 is 1. The Labute approximate surface area is 184 Å². The average Bonchev–Trinajstić information content (AvgIpc) is 2.82. The zero-order valence-electron chi connectivity index (χ0n) is 18.3. The van der Waals surface area contributed by atoms with Crippen LogP contribution in [0.3, 0.4) is 0 Å². The number of hydrogen-bond donors (Lipinski definition) is 1. The van der Waals surface area contributed by atoms with Gasteiger partial charge in [0.05, 0.1) is 26.9 Å². The van der Waals surface area contributed by atoms with Gasteiger partial charge in [0.2, 0.25) is 5.91 Å². The molecule has 0 unspecified atom stereocenters. The summed E-state index contributed by atoms with van der Waals surface area (Å²) in [5.41, 5.74) is 1.41. The van der Waals surface area contributed by atoms with E-state index >= 15 is 0 Å². The molecule has 0 atom stereocenters. The van der Waals surface area contributed by atoms with E-state index in [-0.39, 0.29) is 18.6 Å². The van der Waals surface area contributed by atoms with E-state index in [0.717, 1.165) is 25.7 Å². The van der Waals surface area contributed by atoms with Crippen LogP contribution in [-0.2, 0) is 14.3 Å². The molecule has 1 fully saturated rings. The lowest BCUT2D eigenvalue weighted by Crippen LogP contribution is -2.39. The lowest BCUT2D eigenvalue weighted by Gasteiger charge is -2.29. The molecule has 31 heavy (non-hydrogen) atoms. The van der Waals surface area contributed by atoms with Gasteiger partial charge in [0, 0.05) is 6.04 Å². The minimum atomic E-state index is -0.0531. The van der Waals surface area contributed by atoms with Crippen LogP contribution >= 0.6 is 0 Å². The number of nitrogens with one attached hydrogen (secondary N) is 1. The Kier molecular flexibility index (Phi) is 9.67. The van der Waals surface area contributed by atoms with Crippen molar-refractivity contribution in [2.45, 2.75) is 37.6 Å². The molecule has 3 rings (SSSR count). The van der Waals surface area contributed by atoms with Crippen LogP contribution in [0.15, 0.2) is 54.6 Å². The van der Waals surface area contributed by atoms with Crippen LogP contribution < -0.4 is 14.8 Å². The van der Waals surface area contributed by atoms with Crippen LogP contribution in [-0.4, -0.2) is 52.1 Å². The molecule has 1 aliphatic carbocycles. The molecule has 2 aromatic carbocycles. The first-order valence-corrected chi connectivity index (χ1v) is 11.0. The Hall–Kier alpha value is -2.57. The molecule has 0 radical (unpaired) electrons. The van der Waals surface area contributed by atoms with Crippen molar-refractivity contribution in [3.05, 3.63) is 60.2 Å². The summed E-state index contributed by atoms with van der Waals surface area (Å²) in [6.45, 7) is 1.73. The van der Waals surface area contributed by atoms with Gasteiger partial charge in [-0.15, -0.1) is 0 Å². The molecule has 0 aromatic heterocycles. The molecular weight excluding hydrogens is 394 g/mol. The molecule has 1 aliphatic rings. The van der Waals surface area contributed by atoms with Gasteiger partial charge in [-0.2, -0.15) is 0 Å². The van der Waals surface area contributed by atoms with Gasteiger partial charge in [-0.25, -0.2) is 0 Å². The molecule has 0 bridgehead atoms. The number of hydrogen-bond acceptors (Lipinski definition) is 5. The fourth-order valence-corrected chi connectivity index (χ4v) is 3.90. The fourth-order valence-electron chi connectivity index (χ4n) is 3.90. The van der Waals surface area contributed by atoms with Gasteiger partial charge in [0.1, 0.15) is 13.2 Å². The normalized spacial score (nSPS) is 18.4. The van der Waals surface area contributed by atoms with Crippen LogP contribution in [0.2, 0.25) is 0 Å². The summed E-state index contributed by atoms with van der Waals surface area (Å²) >= 11 is 0. The van der Waals surface area contributed by atoms with Gasteiger partial charge in [0.15, 0.2) is 11.5 Å². The molecule has 0 saturated heterocycles. The van der Waals surface area contributed by atoms with Gasteiger partial charge in [0.25, 0.3) is 0 Å². The second-order valence-corrected chi connectivity index (χ2v) is 7.69. The van der Waals surface area contributed by atoms with Crippen molar-refractivity contribution in [2.24, 2.45) is 0 Å². The first-order chi connectivity index (χ1) is 15.3. The van der Waals surface area contributed by atoms with Gasteiger partial charge < -0.3 is 24.3 Å². The van der Waals surface area contributed by atoms with Crippen molar-refractivity contribution < 1.29 is 23.7 Å². The summed E-state index contributed by atoms with van der Waals surface area (Å²) in [7, 11) is 1.61. The summed E-state index contributed by atoms with van der Waals surface area (Å²) < 4.78 is 21.8. The standard InChI is InChI=1S/C25H33NO5/c1-28-23-9-5-6-10-24(23)31-18-17-29-15-16-30-19-25(27)26-22-13-11-21(12-14-22)20-7-3-2-4-8-20/h2-10,21-22H,11-19H2,1H3,(H,26,27). The van der Waals surface area contributed by atoms with Crippen molar-refractivity contribution in [1.82, 2.24) is 5.32 Å². The monoisotopic (exact) mass is 427 g/mol. The van der Waals surface area contributed by atoms with E-state index in [1.165, 1.54) is 5.56 Å². The fraction of sp³-hybridized carbons (Fsp3) is 0.480. The minimum absolute atomic E-state index is 0.0531. The van der Waals surface area contributed by atoms with E-state index in [1.54, 1.807) is 7.11 Å². The van der Waals surface area contributed by atoms with E-state index < -0.39 is 0 Å². The first-order valence-electron chi connectivity index (χ1n) is 11.0. The van der Waals surface area contributed by atoms with Crippen LogP contribution in [0.25, 0.3) is 0 Å². The molecule has 6 nitrogen and oxygen atoms in total. The summed E-state index contributed by atoms with van der Waals surface area (Å²) in [5.74, 6) is 1.95. The molecule has 0 aliphatic heterocycles. The largest absolute Gasteiger partial charge is 0.493 e. The Bertz CT molecular complexity index is 774. The lowest BCUT2D eigenvalue weighted by molar-refractivity contribution is -0.127. The van der Waals surface area contributed by atoms with Gasteiger partial charge in [-0.05, 0) is 49.3 Å². The Morgan fingerprint density at radius 2 is 1.48 bits per heavy atom. The van der Waals surface area contributed by atoms with E-state index in [1.807, 2.05) is 24.3 Å². The van der Waals surface area contributed by atoms with E-state index in [4.69, 9.17) is 18.9 Å². The minimum Gasteiger partial charge on any atom is -0.493 e. The maximum Gasteiger partial charge on any atom is 0.246 e. The summed E-state index contributed by atoms with van der Waals surface area (Å²) in [6.07, 6.45) is 4.25. The van der Waals surface area contributed by atoms with E-state index in [0.29, 0.717) is 43.8 Å². The summed E-state index contributed by atoms with van der Waals surface area (Å²) in [6, 6.07) is 18.4. The van der Waals surface area contributed by atoms with E-state index in [2.05, 4.69) is 35.6 Å². The number of amides is 1. The van der Waals surface area contributed by atoms with E-state index in [9.17, 15) is 4.79 Å². The average molecular weight is 428 g/mol. The smallest absolute Gasteiger partial charge is 0.246 e. The third-order valence-electron chi connectivity index (χ3n) is 5.52. The van der Waals surface area contributed by atoms with Crippen LogP contribution in [0.5, 0.6) is 11.5 Å². The highest BCUT2D eigenvalue weighted by molar-refractivity contribution is 5.77. The number of rotatable bonds is 12. The Morgan fingerprint density at radius 1 is 0.839 bits per heavy atom. The van der Waals surface area contributed by atoms with Gasteiger partial charge in [-0.1, -0.05) is 42.5 Å². The number of benzene rings is 2. The predicted molar refractivity (Wildman–Crippen MR) is 120 cm³/mol. The SMILES string of the molecule is COc1ccccc1OCCOCCOCC(=O)NC1CCC(c2ccccc2)CC1. The van der Waals surface area contributed by atoms with Gasteiger partial charge >= 0.3 is 0 Å². The van der Waals surface area contributed by atoms with Crippen molar-refractivity contribution in [2.75, 3.05) is 40.1 Å². The predicted octanol–water partition coefficient (Wildman–Crippen LogP) is 3.95. The first kappa shape index (κ1) is 23.1. The second kappa shape index (κ2) is 13.0. The highest BCUT2D eigenvalue weighted by atomic mass is 16.6. The summed E-state index contributed by atoms with van der Waals surface area (Å²) in [5, 5.41) is 3.09. The molecule has 6 heteroatoms. The molecule has 1 amide bonds. The molecular formula is C25H33NO5. The highest BCUT2D eigenvalue weighted by Gasteiger charge is 2.23. The Balaban J connectivity index is 1.19. The lowest BCUT2D eigenvalue weighted by atomic mass is 9.82. The zero-order valence-corrected chi connectivity index (χ0v) is 18.3. The maximum atomic E-state index is 12.1. The number of ether oxygens (including phenoxy) is 4. The Morgan fingerprint density at radius 3 is 2.23 bits per heavy atom. The molecule has 1 saturated carbocycles. The topological polar surface area (TPSA) is 66.0 Å². The van der Waals surface area contributed by atoms with Crippen molar-refractivity contribution >= 4 is 5.91 Å². The van der Waals surface area contributed by atoms with Crippen LogP contribution in [0, 0.1) is 0 Å². The van der Waals surface area contributed by atoms with Crippen molar-refractivity contribution in [3.8, 4) is 11.5 Å². The number of carbonyl (C=O) groups excluding carboxylic acids is 1. The number of para-hydroxylation sites is 2. The third-order valence-corrected chi connectivity index (χ3v) is 5.52. The molecule has 0 spiro atoms. The molecule has 1 N–H and O–H groups in total. The third kappa shape index (κ3) is 7.89.